The molecular formula is C9H12N4O. The Morgan fingerprint density at radius 1 is 1.29 bits per heavy atom. The molecule has 1 aliphatic rings. The topological polar surface area (TPSA) is 72.1 Å². The van der Waals surface area contributed by atoms with Gasteiger partial charge in [-0.25, -0.2) is 9.97 Å². The van der Waals surface area contributed by atoms with Crippen LogP contribution in [0.4, 0.5) is 11.6 Å². The van der Waals surface area contributed by atoms with Gasteiger partial charge in [0.05, 0.1) is 18.1 Å². The second kappa shape index (κ2) is 3.61. The normalized spacial score (nSPS) is 17.1. The van der Waals surface area contributed by atoms with Gasteiger partial charge < -0.3 is 10.6 Å². The van der Waals surface area contributed by atoms with E-state index in [9.17, 15) is 4.79 Å². The smallest absolute Gasteiger partial charge is 0.227 e. The van der Waals surface area contributed by atoms with Gasteiger partial charge in [0.2, 0.25) is 11.9 Å². The number of nitrogens with zero attached hydrogens (tertiary/aromatic N) is 3. The second-order valence-corrected chi connectivity index (χ2v) is 3.30. The van der Waals surface area contributed by atoms with Crippen molar-refractivity contribution < 1.29 is 4.79 Å². The van der Waals surface area contributed by atoms with Crippen molar-refractivity contribution >= 4 is 17.5 Å². The number of carbonyl (C=O) groups is 1. The fourth-order valence-corrected chi connectivity index (χ4v) is 1.55. The minimum absolute atomic E-state index is 0.143. The van der Waals surface area contributed by atoms with Gasteiger partial charge in [-0.3, -0.25) is 4.79 Å². The molecule has 1 saturated heterocycles. The summed E-state index contributed by atoms with van der Waals surface area (Å²) < 4.78 is 0. The van der Waals surface area contributed by atoms with Crippen LogP contribution in [-0.4, -0.2) is 22.4 Å². The van der Waals surface area contributed by atoms with E-state index < -0.39 is 0 Å². The Morgan fingerprint density at radius 3 is 2.64 bits per heavy atom. The Kier molecular flexibility index (Phi) is 2.30. The predicted molar refractivity (Wildman–Crippen MR) is 52.6 cm³/mol. The zero-order valence-corrected chi connectivity index (χ0v) is 7.81. The van der Waals surface area contributed by atoms with Crippen LogP contribution in [0.5, 0.6) is 0 Å². The molecule has 0 saturated carbocycles. The van der Waals surface area contributed by atoms with Gasteiger partial charge in [0.25, 0.3) is 0 Å². The Bertz CT molecular complexity index is 335. The fraction of sp³-hybridized carbons (Fsp3) is 0.444. The molecule has 0 radical (unpaired) electrons. The van der Waals surface area contributed by atoms with Crippen molar-refractivity contribution in [3.63, 3.8) is 0 Å². The Morgan fingerprint density at radius 2 is 2.00 bits per heavy atom. The number of carbonyl (C=O) groups excluding carboxylic acids is 1. The van der Waals surface area contributed by atoms with Crippen molar-refractivity contribution in [1.82, 2.24) is 9.97 Å². The van der Waals surface area contributed by atoms with Crippen LogP contribution >= 0.6 is 0 Å². The summed E-state index contributed by atoms with van der Waals surface area (Å²) in [6, 6.07) is 0. The number of piperidine rings is 1. The number of hydrogen-bond acceptors (Lipinski definition) is 4. The van der Waals surface area contributed by atoms with Crippen molar-refractivity contribution in [3.8, 4) is 0 Å². The summed E-state index contributed by atoms with van der Waals surface area (Å²) in [5.74, 6) is 0.378. The number of anilines is 2. The molecule has 74 valence electrons. The highest BCUT2D eigenvalue weighted by Gasteiger charge is 2.19. The molecule has 1 aromatic rings. The largest absolute Gasteiger partial charge is 0.368 e. The summed E-state index contributed by atoms with van der Waals surface area (Å²) in [6.07, 6.45) is 5.81. The molecule has 0 aliphatic carbocycles. The second-order valence-electron chi connectivity index (χ2n) is 3.30. The first kappa shape index (κ1) is 8.93. The van der Waals surface area contributed by atoms with Crippen LogP contribution in [0.25, 0.3) is 0 Å². The molecule has 1 aromatic heterocycles. The van der Waals surface area contributed by atoms with Crippen molar-refractivity contribution in [3.05, 3.63) is 12.4 Å². The van der Waals surface area contributed by atoms with E-state index in [4.69, 9.17) is 5.73 Å². The predicted octanol–water partition coefficient (Wildman–Crippen LogP) is 0.576. The molecule has 0 unspecified atom stereocenters. The van der Waals surface area contributed by atoms with Crippen LogP contribution in [0.1, 0.15) is 19.3 Å². The highest BCUT2D eigenvalue weighted by molar-refractivity contribution is 5.93. The maximum Gasteiger partial charge on any atom is 0.227 e. The van der Waals surface area contributed by atoms with Gasteiger partial charge in [0.1, 0.15) is 0 Å². The molecule has 14 heavy (non-hydrogen) atoms. The van der Waals surface area contributed by atoms with E-state index >= 15 is 0 Å². The lowest BCUT2D eigenvalue weighted by Gasteiger charge is -2.25. The van der Waals surface area contributed by atoms with E-state index in [-0.39, 0.29) is 11.9 Å². The SMILES string of the molecule is Nc1ncc(N2CCCCC2=O)cn1. The van der Waals surface area contributed by atoms with E-state index in [1.807, 2.05) is 0 Å². The lowest BCUT2D eigenvalue weighted by molar-refractivity contribution is -0.119. The molecule has 5 nitrogen and oxygen atoms in total. The molecule has 1 amide bonds. The fourth-order valence-electron chi connectivity index (χ4n) is 1.55. The number of nitrogens with two attached hydrogens (primary N) is 1. The molecule has 1 fully saturated rings. The number of rotatable bonds is 1. The molecule has 5 heteroatoms. The summed E-state index contributed by atoms with van der Waals surface area (Å²) in [7, 11) is 0. The van der Waals surface area contributed by atoms with E-state index in [1.54, 1.807) is 17.3 Å². The van der Waals surface area contributed by atoms with Gasteiger partial charge in [0, 0.05) is 13.0 Å². The standard InChI is InChI=1S/C9H12N4O/c10-9-11-5-7(6-12-9)13-4-2-1-3-8(13)14/h5-6H,1-4H2,(H2,10,11,12). The quantitative estimate of drug-likeness (QED) is 0.706. The molecule has 1 aliphatic heterocycles. The highest BCUT2D eigenvalue weighted by Crippen LogP contribution is 2.18. The minimum Gasteiger partial charge on any atom is -0.368 e. The van der Waals surface area contributed by atoms with Crippen LogP contribution in [0.2, 0.25) is 0 Å². The van der Waals surface area contributed by atoms with Gasteiger partial charge in [-0.2, -0.15) is 0 Å². The average Bonchev–Trinajstić information content (AvgIpc) is 2.20. The Labute approximate surface area is 82.0 Å². The minimum atomic E-state index is 0.143. The van der Waals surface area contributed by atoms with E-state index in [1.165, 1.54) is 0 Å². The van der Waals surface area contributed by atoms with Crippen molar-refractivity contribution in [2.45, 2.75) is 19.3 Å². The number of amides is 1. The summed E-state index contributed by atoms with van der Waals surface area (Å²) in [5, 5.41) is 0. The van der Waals surface area contributed by atoms with Gasteiger partial charge in [-0.1, -0.05) is 0 Å². The van der Waals surface area contributed by atoms with E-state index in [0.717, 1.165) is 25.1 Å². The molecule has 0 aromatic carbocycles. The third kappa shape index (κ3) is 1.66. The lowest BCUT2D eigenvalue weighted by Crippen LogP contribution is -2.35. The van der Waals surface area contributed by atoms with Crippen LogP contribution in [0, 0.1) is 0 Å². The van der Waals surface area contributed by atoms with Crippen LogP contribution < -0.4 is 10.6 Å². The maximum absolute atomic E-state index is 11.5. The molecule has 0 bridgehead atoms. The zero-order chi connectivity index (χ0) is 9.97. The van der Waals surface area contributed by atoms with Gasteiger partial charge in [-0.05, 0) is 12.8 Å². The summed E-state index contributed by atoms with van der Waals surface area (Å²) >= 11 is 0. The van der Waals surface area contributed by atoms with Crippen LogP contribution in [0.3, 0.4) is 0 Å². The van der Waals surface area contributed by atoms with Gasteiger partial charge in [-0.15, -0.1) is 0 Å². The Balaban J connectivity index is 2.20. The monoisotopic (exact) mass is 192 g/mol. The molecule has 2 rings (SSSR count). The highest BCUT2D eigenvalue weighted by atomic mass is 16.2. The molecule has 2 heterocycles. The third-order valence-corrected chi connectivity index (χ3v) is 2.29. The first-order chi connectivity index (χ1) is 6.77. The molecule has 0 atom stereocenters. The van der Waals surface area contributed by atoms with E-state index in [2.05, 4.69) is 9.97 Å². The number of aromatic nitrogens is 2. The number of hydrogen-bond donors (Lipinski definition) is 1. The zero-order valence-electron chi connectivity index (χ0n) is 7.81. The average molecular weight is 192 g/mol. The van der Waals surface area contributed by atoms with Crippen molar-refractivity contribution in [2.24, 2.45) is 0 Å². The summed E-state index contributed by atoms with van der Waals surface area (Å²) in [4.78, 5) is 21.0. The van der Waals surface area contributed by atoms with E-state index in [0.29, 0.717) is 6.42 Å². The molecular weight excluding hydrogens is 180 g/mol. The van der Waals surface area contributed by atoms with Crippen molar-refractivity contribution in [2.75, 3.05) is 17.2 Å². The first-order valence-electron chi connectivity index (χ1n) is 4.65. The number of nitrogen functional groups attached to an aromatic ring is 1. The van der Waals surface area contributed by atoms with Crippen molar-refractivity contribution in [1.29, 1.82) is 0 Å². The molecule has 2 N–H and O–H groups in total. The first-order valence-corrected chi connectivity index (χ1v) is 4.65. The lowest BCUT2D eigenvalue weighted by atomic mass is 10.1. The summed E-state index contributed by atoms with van der Waals surface area (Å²) in [6.45, 7) is 0.756. The maximum atomic E-state index is 11.5. The van der Waals surface area contributed by atoms with Gasteiger partial charge in [0.15, 0.2) is 0 Å². The van der Waals surface area contributed by atoms with Crippen LogP contribution in [-0.2, 0) is 4.79 Å². The Hall–Kier alpha value is -1.65. The van der Waals surface area contributed by atoms with Crippen LogP contribution in [0.15, 0.2) is 12.4 Å². The summed E-state index contributed by atoms with van der Waals surface area (Å²) in [5.41, 5.74) is 6.10. The molecule has 0 spiro atoms. The third-order valence-electron chi connectivity index (χ3n) is 2.29. The van der Waals surface area contributed by atoms with Gasteiger partial charge >= 0.3 is 0 Å².